The van der Waals surface area contributed by atoms with Crippen LogP contribution in [0.15, 0.2) is 12.1 Å². The Labute approximate surface area is 129 Å². The molecular weight excluding hydrogens is 258 g/mol. The van der Waals surface area contributed by atoms with Crippen LogP contribution in [0.4, 0.5) is 0 Å². The quantitative estimate of drug-likeness (QED) is 0.891. The van der Waals surface area contributed by atoms with Crippen LogP contribution in [0.2, 0.25) is 0 Å². The molecule has 1 saturated heterocycles. The monoisotopic (exact) mass is 287 g/mol. The molecule has 2 nitrogen and oxygen atoms in total. The Morgan fingerprint density at radius 1 is 1.19 bits per heavy atom. The minimum atomic E-state index is 0.271. The number of aryl methyl sites for hydroxylation is 3. The molecule has 2 atom stereocenters. The Hall–Kier alpha value is -0.860. The van der Waals surface area contributed by atoms with Gasteiger partial charge >= 0.3 is 0 Å². The molecule has 0 bridgehead atoms. The molecule has 0 amide bonds. The van der Waals surface area contributed by atoms with Gasteiger partial charge < -0.3 is 10.1 Å². The summed E-state index contributed by atoms with van der Waals surface area (Å²) in [6.07, 6.45) is 5.39. The first-order valence-corrected chi connectivity index (χ1v) is 8.42. The van der Waals surface area contributed by atoms with E-state index in [2.05, 4.69) is 45.1 Å². The van der Waals surface area contributed by atoms with E-state index in [0.717, 1.165) is 25.6 Å². The fraction of sp³-hybridized carbons (Fsp3) is 0.684. The highest BCUT2D eigenvalue weighted by atomic mass is 16.5. The van der Waals surface area contributed by atoms with E-state index < -0.39 is 0 Å². The molecule has 0 radical (unpaired) electrons. The number of rotatable bonds is 5. The smallest absolute Gasteiger partial charge is 0.0619 e. The van der Waals surface area contributed by atoms with E-state index in [1.54, 1.807) is 0 Å². The maximum absolute atomic E-state index is 5.96. The van der Waals surface area contributed by atoms with E-state index in [0.29, 0.717) is 6.10 Å². The Balaban J connectivity index is 1.84. The van der Waals surface area contributed by atoms with Crippen LogP contribution in [0.1, 0.15) is 48.4 Å². The van der Waals surface area contributed by atoms with Crippen LogP contribution in [-0.4, -0.2) is 25.3 Å². The van der Waals surface area contributed by atoms with Gasteiger partial charge in [0.2, 0.25) is 0 Å². The molecular formula is C19H29NO. The Bertz CT molecular complexity index is 497. The molecule has 0 aromatic heterocycles. The molecule has 1 aromatic rings. The zero-order valence-electron chi connectivity index (χ0n) is 14.0. The number of benzene rings is 1. The van der Waals surface area contributed by atoms with Gasteiger partial charge in [-0.3, -0.25) is 0 Å². The van der Waals surface area contributed by atoms with Gasteiger partial charge in [-0.15, -0.1) is 0 Å². The molecule has 1 aromatic carbocycles. The van der Waals surface area contributed by atoms with Crippen LogP contribution in [0.25, 0.3) is 0 Å². The number of nitrogens with one attached hydrogen (secondary N) is 1. The minimum Gasteiger partial charge on any atom is -0.378 e. The SMILES string of the molecule is Cc1cc(C)c(CC2(CNC3CC3)CCOC2C)c(C)c1. The van der Waals surface area contributed by atoms with Crippen molar-refractivity contribution >= 4 is 0 Å². The predicted molar refractivity (Wildman–Crippen MR) is 87.8 cm³/mol. The third-order valence-electron chi connectivity index (χ3n) is 5.52. The van der Waals surface area contributed by atoms with Gasteiger partial charge in [-0.25, -0.2) is 0 Å². The van der Waals surface area contributed by atoms with Crippen molar-refractivity contribution < 1.29 is 4.74 Å². The summed E-state index contributed by atoms with van der Waals surface area (Å²) in [5.41, 5.74) is 6.06. The van der Waals surface area contributed by atoms with E-state index in [-0.39, 0.29) is 5.41 Å². The molecule has 21 heavy (non-hydrogen) atoms. The second kappa shape index (κ2) is 5.73. The summed E-state index contributed by atoms with van der Waals surface area (Å²) in [6, 6.07) is 5.42. The van der Waals surface area contributed by atoms with Crippen molar-refractivity contribution in [2.24, 2.45) is 5.41 Å². The van der Waals surface area contributed by atoms with Crippen LogP contribution in [0.5, 0.6) is 0 Å². The Kier molecular flexibility index (Phi) is 4.11. The van der Waals surface area contributed by atoms with Crippen molar-refractivity contribution in [3.8, 4) is 0 Å². The topological polar surface area (TPSA) is 21.3 Å². The van der Waals surface area contributed by atoms with Crippen molar-refractivity contribution in [1.82, 2.24) is 5.32 Å². The van der Waals surface area contributed by atoms with E-state index in [1.807, 2.05) is 0 Å². The summed E-state index contributed by atoms with van der Waals surface area (Å²) >= 11 is 0. The summed E-state index contributed by atoms with van der Waals surface area (Å²) in [5, 5.41) is 3.76. The van der Waals surface area contributed by atoms with Crippen molar-refractivity contribution in [3.05, 3.63) is 34.4 Å². The fourth-order valence-electron chi connectivity index (χ4n) is 3.82. The van der Waals surface area contributed by atoms with Gasteiger partial charge in [0.15, 0.2) is 0 Å². The Morgan fingerprint density at radius 2 is 1.86 bits per heavy atom. The van der Waals surface area contributed by atoms with Gasteiger partial charge in [0.25, 0.3) is 0 Å². The Morgan fingerprint density at radius 3 is 2.38 bits per heavy atom. The number of hydrogen-bond donors (Lipinski definition) is 1. The molecule has 1 heterocycles. The van der Waals surface area contributed by atoms with Gasteiger partial charge in [-0.2, -0.15) is 0 Å². The standard InChI is InChI=1S/C19H29NO/c1-13-9-14(2)18(15(3)10-13)11-19(7-8-21-16(19)4)12-20-17-5-6-17/h9-10,16-17,20H,5-8,11-12H2,1-4H3. The predicted octanol–water partition coefficient (Wildman–Crippen LogP) is 3.70. The lowest BCUT2D eigenvalue weighted by molar-refractivity contribution is 0.0627. The van der Waals surface area contributed by atoms with Crippen LogP contribution in [0, 0.1) is 26.2 Å². The second-order valence-electron chi connectivity index (χ2n) is 7.33. The molecule has 2 aliphatic rings. The molecule has 2 unspecified atom stereocenters. The molecule has 0 spiro atoms. The van der Waals surface area contributed by atoms with Crippen LogP contribution < -0.4 is 5.32 Å². The van der Waals surface area contributed by atoms with Crippen molar-refractivity contribution in [3.63, 3.8) is 0 Å². The zero-order valence-corrected chi connectivity index (χ0v) is 14.0. The highest BCUT2D eigenvalue weighted by molar-refractivity contribution is 5.38. The minimum absolute atomic E-state index is 0.271. The summed E-state index contributed by atoms with van der Waals surface area (Å²) in [4.78, 5) is 0. The fourth-order valence-corrected chi connectivity index (χ4v) is 3.82. The first kappa shape index (κ1) is 15.1. The van der Waals surface area contributed by atoms with Crippen molar-refractivity contribution in [1.29, 1.82) is 0 Å². The molecule has 2 fully saturated rings. The third-order valence-corrected chi connectivity index (χ3v) is 5.52. The highest BCUT2D eigenvalue weighted by Crippen LogP contribution is 2.40. The molecule has 116 valence electrons. The van der Waals surface area contributed by atoms with E-state index in [9.17, 15) is 0 Å². The lowest BCUT2D eigenvalue weighted by atomic mass is 9.74. The maximum atomic E-state index is 5.96. The summed E-state index contributed by atoms with van der Waals surface area (Å²) < 4.78 is 5.96. The summed E-state index contributed by atoms with van der Waals surface area (Å²) in [5.74, 6) is 0. The van der Waals surface area contributed by atoms with Crippen molar-refractivity contribution in [2.45, 2.75) is 65.5 Å². The van der Waals surface area contributed by atoms with E-state index >= 15 is 0 Å². The van der Waals surface area contributed by atoms with Crippen LogP contribution in [0.3, 0.4) is 0 Å². The average Bonchev–Trinajstić information content (AvgIpc) is 3.17. The van der Waals surface area contributed by atoms with Gasteiger partial charge in [0.1, 0.15) is 0 Å². The zero-order chi connectivity index (χ0) is 15.0. The molecule has 1 aliphatic heterocycles. The number of ether oxygens (including phenoxy) is 1. The summed E-state index contributed by atoms with van der Waals surface area (Å²) in [6.45, 7) is 11.0. The first-order chi connectivity index (χ1) is 10.00. The molecule has 3 rings (SSSR count). The third kappa shape index (κ3) is 3.17. The molecule has 1 N–H and O–H groups in total. The molecule has 2 heteroatoms. The lowest BCUT2D eigenvalue weighted by Gasteiger charge is -2.34. The van der Waals surface area contributed by atoms with Gasteiger partial charge in [0.05, 0.1) is 6.10 Å². The van der Waals surface area contributed by atoms with Gasteiger partial charge in [-0.05, 0) is 70.1 Å². The van der Waals surface area contributed by atoms with Crippen LogP contribution in [-0.2, 0) is 11.2 Å². The molecule has 1 aliphatic carbocycles. The lowest BCUT2D eigenvalue weighted by Crippen LogP contribution is -2.42. The van der Waals surface area contributed by atoms with E-state index in [4.69, 9.17) is 4.74 Å². The second-order valence-corrected chi connectivity index (χ2v) is 7.33. The average molecular weight is 287 g/mol. The van der Waals surface area contributed by atoms with Crippen LogP contribution >= 0.6 is 0 Å². The normalized spacial score (nSPS) is 29.0. The van der Waals surface area contributed by atoms with Gasteiger partial charge in [0, 0.05) is 24.6 Å². The number of hydrogen-bond acceptors (Lipinski definition) is 2. The first-order valence-electron chi connectivity index (χ1n) is 8.42. The van der Waals surface area contributed by atoms with Crippen molar-refractivity contribution in [2.75, 3.05) is 13.2 Å². The maximum Gasteiger partial charge on any atom is 0.0619 e. The molecule has 1 saturated carbocycles. The van der Waals surface area contributed by atoms with E-state index in [1.165, 1.54) is 41.5 Å². The van der Waals surface area contributed by atoms with Gasteiger partial charge in [-0.1, -0.05) is 17.7 Å². The highest BCUT2D eigenvalue weighted by Gasteiger charge is 2.42. The largest absolute Gasteiger partial charge is 0.378 e. The summed E-state index contributed by atoms with van der Waals surface area (Å²) in [7, 11) is 0.